The van der Waals surface area contributed by atoms with Gasteiger partial charge in [0.05, 0.1) is 6.61 Å². The van der Waals surface area contributed by atoms with Crippen molar-refractivity contribution in [3.63, 3.8) is 0 Å². The van der Waals surface area contributed by atoms with Crippen LogP contribution in [0.25, 0.3) is 0 Å². The van der Waals surface area contributed by atoms with Gasteiger partial charge in [0.1, 0.15) is 11.8 Å². The van der Waals surface area contributed by atoms with Gasteiger partial charge in [-0.15, -0.1) is 5.10 Å². The Balaban J connectivity index is 1.53. The molecular weight excluding hydrogens is 420 g/mol. The van der Waals surface area contributed by atoms with Crippen molar-refractivity contribution in [3.8, 4) is 5.75 Å². The van der Waals surface area contributed by atoms with Crippen LogP contribution in [0, 0.1) is 6.92 Å². The first-order valence-electron chi connectivity index (χ1n) is 11.0. The van der Waals surface area contributed by atoms with E-state index in [1.54, 1.807) is 11.8 Å². The molecular formula is C25H26N4O2S. The van der Waals surface area contributed by atoms with E-state index in [9.17, 15) is 4.79 Å². The lowest BCUT2D eigenvalue weighted by atomic mass is 9.85. The van der Waals surface area contributed by atoms with E-state index in [1.165, 1.54) is 11.1 Å². The zero-order valence-corrected chi connectivity index (χ0v) is 19.1. The molecule has 6 nitrogen and oxygen atoms in total. The Morgan fingerprint density at radius 3 is 2.91 bits per heavy atom. The highest BCUT2D eigenvalue weighted by molar-refractivity contribution is 7.98. The number of ether oxygens (including phenoxy) is 1. The molecule has 0 fully saturated rings. The van der Waals surface area contributed by atoms with Crippen molar-refractivity contribution in [1.29, 1.82) is 0 Å². The van der Waals surface area contributed by atoms with Gasteiger partial charge in [0.15, 0.2) is 5.78 Å². The molecule has 7 heteroatoms. The summed E-state index contributed by atoms with van der Waals surface area (Å²) in [5.41, 5.74) is 5.18. The molecule has 2 aliphatic rings. The maximum Gasteiger partial charge on any atom is 0.227 e. The molecule has 1 aliphatic heterocycles. The van der Waals surface area contributed by atoms with E-state index in [0.29, 0.717) is 24.1 Å². The summed E-state index contributed by atoms with van der Waals surface area (Å²) in [4.78, 5) is 17.8. The monoisotopic (exact) mass is 446 g/mol. The lowest BCUT2D eigenvalue weighted by Crippen LogP contribution is -2.31. The van der Waals surface area contributed by atoms with Crippen molar-refractivity contribution < 1.29 is 9.53 Å². The number of carbonyl (C=O) groups is 1. The van der Waals surface area contributed by atoms with Crippen molar-refractivity contribution in [2.75, 3.05) is 11.9 Å². The number of ketones is 1. The molecule has 164 valence electrons. The second-order valence-electron chi connectivity index (χ2n) is 8.11. The van der Waals surface area contributed by atoms with Crippen molar-refractivity contribution in [1.82, 2.24) is 14.8 Å². The molecule has 1 N–H and O–H groups in total. The minimum Gasteiger partial charge on any atom is -0.494 e. The largest absolute Gasteiger partial charge is 0.494 e. The van der Waals surface area contributed by atoms with Crippen LogP contribution in [-0.2, 0) is 10.5 Å². The summed E-state index contributed by atoms with van der Waals surface area (Å²) in [5.74, 6) is 2.42. The third-order valence-corrected chi connectivity index (χ3v) is 6.72. The highest BCUT2D eigenvalue weighted by Gasteiger charge is 2.38. The number of allylic oxidation sites excluding steroid dienone is 2. The number of carbonyl (C=O) groups excluding carboxylic acids is 1. The normalized spacial score (nSPS) is 17.6. The molecule has 0 amide bonds. The fourth-order valence-corrected chi connectivity index (χ4v) is 5.20. The fourth-order valence-electron chi connectivity index (χ4n) is 4.43. The van der Waals surface area contributed by atoms with Gasteiger partial charge in [0, 0.05) is 29.0 Å². The van der Waals surface area contributed by atoms with E-state index in [2.05, 4.69) is 36.5 Å². The Morgan fingerprint density at radius 1 is 1.19 bits per heavy atom. The number of hydrogen-bond acceptors (Lipinski definition) is 6. The minimum atomic E-state index is -0.336. The topological polar surface area (TPSA) is 69.0 Å². The van der Waals surface area contributed by atoms with Crippen molar-refractivity contribution >= 4 is 23.5 Å². The molecule has 0 unspecified atom stereocenters. The van der Waals surface area contributed by atoms with Gasteiger partial charge in [-0.25, -0.2) is 4.68 Å². The molecule has 5 rings (SSSR count). The van der Waals surface area contributed by atoms with Crippen LogP contribution in [0.2, 0.25) is 0 Å². The molecule has 0 bridgehead atoms. The summed E-state index contributed by atoms with van der Waals surface area (Å²) in [7, 11) is 0. The number of fused-ring (bicyclic) bond motifs is 1. The number of para-hydroxylation sites is 1. The predicted molar refractivity (Wildman–Crippen MR) is 126 cm³/mol. The summed E-state index contributed by atoms with van der Waals surface area (Å²) >= 11 is 1.60. The second-order valence-corrected chi connectivity index (χ2v) is 9.05. The highest BCUT2D eigenvalue weighted by Crippen LogP contribution is 2.43. The highest BCUT2D eigenvalue weighted by atomic mass is 32.2. The Labute approximate surface area is 192 Å². The minimum absolute atomic E-state index is 0.171. The second kappa shape index (κ2) is 8.82. The lowest BCUT2D eigenvalue weighted by molar-refractivity contribution is -0.116. The number of thioether (sulfide) groups is 1. The zero-order chi connectivity index (χ0) is 22.1. The number of nitrogens with one attached hydrogen (secondary N) is 1. The van der Waals surface area contributed by atoms with Crippen LogP contribution in [0.3, 0.4) is 0 Å². The molecule has 0 radical (unpaired) electrons. The zero-order valence-electron chi connectivity index (χ0n) is 18.3. The molecule has 0 saturated carbocycles. The van der Waals surface area contributed by atoms with Crippen LogP contribution in [0.1, 0.15) is 48.9 Å². The number of aryl methyl sites for hydroxylation is 1. The number of nitrogens with zero attached hydrogens (tertiary/aromatic N) is 3. The van der Waals surface area contributed by atoms with Crippen LogP contribution >= 0.6 is 11.8 Å². The third-order valence-electron chi connectivity index (χ3n) is 5.81. The van der Waals surface area contributed by atoms with E-state index in [1.807, 2.05) is 35.9 Å². The lowest BCUT2D eigenvalue weighted by Gasteiger charge is -2.32. The molecule has 1 atom stereocenters. The Morgan fingerprint density at radius 2 is 2.06 bits per heavy atom. The summed E-state index contributed by atoms with van der Waals surface area (Å²) in [6.45, 7) is 4.62. The van der Waals surface area contributed by atoms with E-state index in [0.717, 1.165) is 41.2 Å². The van der Waals surface area contributed by atoms with Crippen molar-refractivity contribution in [3.05, 3.63) is 76.5 Å². The van der Waals surface area contributed by atoms with E-state index in [-0.39, 0.29) is 11.8 Å². The van der Waals surface area contributed by atoms with Crippen LogP contribution in [0.15, 0.2) is 65.0 Å². The van der Waals surface area contributed by atoms with Crippen LogP contribution in [-0.4, -0.2) is 27.2 Å². The van der Waals surface area contributed by atoms with Gasteiger partial charge >= 0.3 is 0 Å². The number of rotatable bonds is 6. The van der Waals surface area contributed by atoms with Gasteiger partial charge in [-0.1, -0.05) is 59.8 Å². The third kappa shape index (κ3) is 3.93. The van der Waals surface area contributed by atoms with Gasteiger partial charge in [0.2, 0.25) is 11.1 Å². The fraction of sp³-hybridized carbons (Fsp3) is 0.320. The smallest absolute Gasteiger partial charge is 0.227 e. The molecule has 2 heterocycles. The number of benzene rings is 2. The molecule has 0 spiro atoms. The van der Waals surface area contributed by atoms with Gasteiger partial charge in [-0.2, -0.15) is 4.98 Å². The Bertz CT molecular complexity index is 1200. The molecule has 3 aromatic rings. The van der Waals surface area contributed by atoms with E-state index in [4.69, 9.17) is 14.8 Å². The van der Waals surface area contributed by atoms with Crippen molar-refractivity contribution in [2.24, 2.45) is 0 Å². The Hall–Kier alpha value is -3.06. The molecule has 0 saturated heterocycles. The van der Waals surface area contributed by atoms with Crippen molar-refractivity contribution in [2.45, 2.75) is 50.1 Å². The van der Waals surface area contributed by atoms with Gasteiger partial charge < -0.3 is 10.1 Å². The SMILES string of the molecule is CCOc1ccccc1[C@@H]1C2=C(CCCC2=O)Nc2nc(SCc3cccc(C)c3)nn21. The maximum absolute atomic E-state index is 13.0. The van der Waals surface area contributed by atoms with E-state index >= 15 is 0 Å². The quantitative estimate of drug-likeness (QED) is 0.518. The first kappa shape index (κ1) is 20.8. The van der Waals surface area contributed by atoms with Crippen LogP contribution in [0.5, 0.6) is 5.75 Å². The Kier molecular flexibility index (Phi) is 5.74. The number of anilines is 1. The van der Waals surface area contributed by atoms with Gasteiger partial charge in [-0.3, -0.25) is 4.79 Å². The van der Waals surface area contributed by atoms with Crippen LogP contribution in [0.4, 0.5) is 5.95 Å². The first-order valence-corrected chi connectivity index (χ1v) is 12.0. The maximum atomic E-state index is 13.0. The number of aromatic nitrogens is 3. The molecule has 1 aromatic heterocycles. The number of hydrogen-bond donors (Lipinski definition) is 1. The summed E-state index contributed by atoms with van der Waals surface area (Å²) in [5, 5.41) is 8.93. The average Bonchev–Trinajstić information content (AvgIpc) is 3.20. The first-order chi connectivity index (χ1) is 15.6. The summed E-state index contributed by atoms with van der Waals surface area (Å²) in [6, 6.07) is 16.1. The molecule has 2 aromatic carbocycles. The summed E-state index contributed by atoms with van der Waals surface area (Å²) in [6.07, 6.45) is 2.26. The standard InChI is InChI=1S/C25H26N4O2S/c1-3-31-21-13-5-4-10-18(21)23-22-19(11-7-12-20(22)30)26-24-27-25(28-29(23)24)32-15-17-9-6-8-16(2)14-17/h4-6,8-10,13-14,23H,3,7,11-12,15H2,1-2H3,(H,26,27,28)/t23-/m1/s1. The van der Waals surface area contributed by atoms with E-state index < -0.39 is 0 Å². The average molecular weight is 447 g/mol. The predicted octanol–water partition coefficient (Wildman–Crippen LogP) is 5.30. The molecule has 32 heavy (non-hydrogen) atoms. The molecule has 1 aliphatic carbocycles. The number of Topliss-reactive ketones (excluding diaryl/α,β-unsaturated/α-hetero) is 1. The van der Waals surface area contributed by atoms with Crippen LogP contribution < -0.4 is 10.1 Å². The van der Waals surface area contributed by atoms with Gasteiger partial charge in [0.25, 0.3) is 0 Å². The van der Waals surface area contributed by atoms with Gasteiger partial charge in [-0.05, 0) is 38.3 Å². The summed E-state index contributed by atoms with van der Waals surface area (Å²) < 4.78 is 7.78.